The van der Waals surface area contributed by atoms with E-state index in [0.29, 0.717) is 6.42 Å². The van der Waals surface area contributed by atoms with Gasteiger partial charge in [-0.25, -0.2) is 0 Å². The van der Waals surface area contributed by atoms with Crippen molar-refractivity contribution in [3.05, 3.63) is 29.3 Å². The Morgan fingerprint density at radius 3 is 2.95 bits per heavy atom. The third-order valence-corrected chi connectivity index (χ3v) is 4.33. The topological polar surface area (TPSA) is 49.8 Å². The minimum absolute atomic E-state index is 0.0850. The largest absolute Gasteiger partial charge is 0.386 e. The fourth-order valence-electron chi connectivity index (χ4n) is 3.12. The van der Waals surface area contributed by atoms with Gasteiger partial charge in [-0.1, -0.05) is 12.1 Å². The number of hydrogen-bond donors (Lipinski definition) is 1. The standard InChI is InChI=1S/C16H21NO3/c1-17-13-8-7-12(16(19)14-5-3-9-20-14)10-11(13)4-2-6-15(17)18/h7-8,10,14,16,19H,2-6,9H2,1H3. The van der Waals surface area contributed by atoms with E-state index in [9.17, 15) is 9.90 Å². The van der Waals surface area contributed by atoms with Crippen LogP contribution in [0.2, 0.25) is 0 Å². The molecule has 1 fully saturated rings. The Balaban J connectivity index is 1.88. The maximum absolute atomic E-state index is 11.9. The molecule has 1 amide bonds. The predicted octanol–water partition coefficient (Wildman–Crippen LogP) is 2.20. The van der Waals surface area contributed by atoms with Crippen LogP contribution in [0.4, 0.5) is 5.69 Å². The van der Waals surface area contributed by atoms with Crippen LogP contribution in [0.1, 0.15) is 42.9 Å². The van der Waals surface area contributed by atoms with E-state index in [1.807, 2.05) is 25.2 Å². The molecule has 2 aliphatic rings. The van der Waals surface area contributed by atoms with E-state index in [1.165, 1.54) is 0 Å². The number of rotatable bonds is 2. The van der Waals surface area contributed by atoms with Crippen molar-refractivity contribution in [1.29, 1.82) is 0 Å². The summed E-state index contributed by atoms with van der Waals surface area (Å²) in [6.45, 7) is 0.740. The highest BCUT2D eigenvalue weighted by atomic mass is 16.5. The molecular formula is C16H21NO3. The average Bonchev–Trinajstić information content (AvgIpc) is 2.95. The highest BCUT2D eigenvalue weighted by Gasteiger charge is 2.27. The van der Waals surface area contributed by atoms with Gasteiger partial charge in [-0.2, -0.15) is 0 Å². The minimum Gasteiger partial charge on any atom is -0.386 e. The lowest BCUT2D eigenvalue weighted by Gasteiger charge is -2.21. The molecule has 2 aliphatic heterocycles. The lowest BCUT2D eigenvalue weighted by atomic mass is 9.97. The monoisotopic (exact) mass is 275 g/mol. The van der Waals surface area contributed by atoms with Gasteiger partial charge in [0.15, 0.2) is 0 Å². The van der Waals surface area contributed by atoms with Gasteiger partial charge >= 0.3 is 0 Å². The lowest BCUT2D eigenvalue weighted by molar-refractivity contribution is -0.118. The summed E-state index contributed by atoms with van der Waals surface area (Å²) in [5.74, 6) is 0.163. The number of aliphatic hydroxyl groups excluding tert-OH is 1. The molecule has 20 heavy (non-hydrogen) atoms. The summed E-state index contributed by atoms with van der Waals surface area (Å²) >= 11 is 0. The summed E-state index contributed by atoms with van der Waals surface area (Å²) in [6.07, 6.45) is 3.63. The highest BCUT2D eigenvalue weighted by molar-refractivity contribution is 5.94. The van der Waals surface area contributed by atoms with Crippen LogP contribution in [-0.2, 0) is 16.0 Å². The number of benzene rings is 1. The molecule has 0 spiro atoms. The summed E-state index contributed by atoms with van der Waals surface area (Å²) in [7, 11) is 1.82. The van der Waals surface area contributed by atoms with Gasteiger partial charge in [-0.15, -0.1) is 0 Å². The SMILES string of the molecule is CN1C(=O)CCCc2cc(C(O)C3CCCO3)ccc21. The zero-order valence-corrected chi connectivity index (χ0v) is 11.8. The zero-order chi connectivity index (χ0) is 14.1. The Bertz CT molecular complexity index is 508. The van der Waals surface area contributed by atoms with Crippen LogP contribution in [0.25, 0.3) is 0 Å². The Labute approximate surface area is 119 Å². The Hall–Kier alpha value is -1.39. The van der Waals surface area contributed by atoms with Crippen molar-refractivity contribution in [2.45, 2.75) is 44.3 Å². The molecule has 108 valence electrons. The van der Waals surface area contributed by atoms with Crippen molar-refractivity contribution in [1.82, 2.24) is 0 Å². The summed E-state index contributed by atoms with van der Waals surface area (Å²) in [5.41, 5.74) is 3.02. The van der Waals surface area contributed by atoms with Crippen LogP contribution < -0.4 is 4.90 Å². The van der Waals surface area contributed by atoms with Crippen LogP contribution in [0.15, 0.2) is 18.2 Å². The summed E-state index contributed by atoms with van der Waals surface area (Å²) in [4.78, 5) is 13.6. The van der Waals surface area contributed by atoms with Crippen LogP contribution in [0.3, 0.4) is 0 Å². The molecule has 2 unspecified atom stereocenters. The first-order chi connectivity index (χ1) is 9.66. The number of hydrogen-bond acceptors (Lipinski definition) is 3. The number of ether oxygens (including phenoxy) is 1. The number of anilines is 1. The van der Waals surface area contributed by atoms with E-state index in [0.717, 1.165) is 49.1 Å². The van der Waals surface area contributed by atoms with E-state index in [1.54, 1.807) is 4.90 Å². The highest BCUT2D eigenvalue weighted by Crippen LogP contribution is 2.32. The van der Waals surface area contributed by atoms with E-state index >= 15 is 0 Å². The number of nitrogens with zero attached hydrogens (tertiary/aromatic N) is 1. The van der Waals surface area contributed by atoms with Gasteiger partial charge in [0.25, 0.3) is 0 Å². The van der Waals surface area contributed by atoms with Crippen LogP contribution in [0.5, 0.6) is 0 Å². The Morgan fingerprint density at radius 2 is 2.20 bits per heavy atom. The molecule has 1 N–H and O–H groups in total. The van der Waals surface area contributed by atoms with Crippen molar-refractivity contribution in [2.24, 2.45) is 0 Å². The molecule has 1 aromatic rings. The molecule has 4 heteroatoms. The van der Waals surface area contributed by atoms with E-state index in [-0.39, 0.29) is 12.0 Å². The second kappa shape index (κ2) is 5.54. The molecule has 3 rings (SSSR count). The molecule has 0 saturated carbocycles. The molecule has 1 aromatic carbocycles. The number of fused-ring (bicyclic) bond motifs is 1. The summed E-state index contributed by atoms with van der Waals surface area (Å²) < 4.78 is 5.56. The van der Waals surface area contributed by atoms with Crippen LogP contribution in [0, 0.1) is 0 Å². The molecule has 0 bridgehead atoms. The maximum atomic E-state index is 11.9. The number of aryl methyl sites for hydroxylation is 1. The molecule has 2 heterocycles. The van der Waals surface area contributed by atoms with Crippen molar-refractivity contribution in [2.75, 3.05) is 18.6 Å². The summed E-state index contributed by atoms with van der Waals surface area (Å²) in [6, 6.07) is 5.91. The fraction of sp³-hybridized carbons (Fsp3) is 0.562. The predicted molar refractivity (Wildman–Crippen MR) is 76.7 cm³/mol. The normalized spacial score (nSPS) is 24.4. The van der Waals surface area contributed by atoms with E-state index < -0.39 is 6.10 Å². The second-order valence-corrected chi connectivity index (χ2v) is 5.69. The van der Waals surface area contributed by atoms with E-state index in [2.05, 4.69) is 0 Å². The smallest absolute Gasteiger partial charge is 0.226 e. The molecule has 0 aliphatic carbocycles. The number of aliphatic hydroxyl groups is 1. The fourth-order valence-corrected chi connectivity index (χ4v) is 3.12. The van der Waals surface area contributed by atoms with E-state index in [4.69, 9.17) is 4.74 Å². The number of carbonyl (C=O) groups is 1. The molecule has 4 nitrogen and oxygen atoms in total. The van der Waals surface area contributed by atoms with Crippen molar-refractivity contribution in [3.63, 3.8) is 0 Å². The van der Waals surface area contributed by atoms with Gasteiger partial charge in [0.1, 0.15) is 6.10 Å². The zero-order valence-electron chi connectivity index (χ0n) is 11.8. The van der Waals surface area contributed by atoms with Gasteiger partial charge in [0.2, 0.25) is 5.91 Å². The number of carbonyl (C=O) groups excluding carboxylic acids is 1. The van der Waals surface area contributed by atoms with Crippen molar-refractivity contribution in [3.8, 4) is 0 Å². The molecule has 0 radical (unpaired) electrons. The first-order valence-corrected chi connectivity index (χ1v) is 7.36. The Kier molecular flexibility index (Phi) is 3.76. The quantitative estimate of drug-likeness (QED) is 0.900. The lowest BCUT2D eigenvalue weighted by Crippen LogP contribution is -2.25. The third kappa shape index (κ3) is 2.45. The van der Waals surface area contributed by atoms with Crippen LogP contribution in [-0.4, -0.2) is 30.8 Å². The van der Waals surface area contributed by atoms with Gasteiger partial charge < -0.3 is 14.7 Å². The van der Waals surface area contributed by atoms with Gasteiger partial charge in [0.05, 0.1) is 6.10 Å². The molecule has 1 saturated heterocycles. The molecule has 0 aromatic heterocycles. The average molecular weight is 275 g/mol. The van der Waals surface area contributed by atoms with Crippen molar-refractivity contribution < 1.29 is 14.6 Å². The Morgan fingerprint density at radius 1 is 1.35 bits per heavy atom. The summed E-state index contributed by atoms with van der Waals surface area (Å²) in [5, 5.41) is 10.4. The minimum atomic E-state index is -0.563. The third-order valence-electron chi connectivity index (χ3n) is 4.33. The second-order valence-electron chi connectivity index (χ2n) is 5.69. The first kappa shape index (κ1) is 13.6. The number of amides is 1. The van der Waals surface area contributed by atoms with Crippen molar-refractivity contribution >= 4 is 11.6 Å². The van der Waals surface area contributed by atoms with Gasteiger partial charge in [-0.3, -0.25) is 4.79 Å². The molecule has 2 atom stereocenters. The van der Waals surface area contributed by atoms with Gasteiger partial charge in [0, 0.05) is 25.8 Å². The van der Waals surface area contributed by atoms with Crippen LogP contribution >= 0.6 is 0 Å². The van der Waals surface area contributed by atoms with Gasteiger partial charge in [-0.05, 0) is 42.9 Å². The maximum Gasteiger partial charge on any atom is 0.226 e. The first-order valence-electron chi connectivity index (χ1n) is 7.36. The molecular weight excluding hydrogens is 254 g/mol.